The molecule has 2 nitrogen and oxygen atoms in total. The highest BCUT2D eigenvalue weighted by Crippen LogP contribution is 2.04. The molecule has 23 heavy (non-hydrogen) atoms. The van der Waals surface area contributed by atoms with Gasteiger partial charge in [0.15, 0.2) is 0 Å². The quantitative estimate of drug-likeness (QED) is 0.505. The smallest absolute Gasteiger partial charge is 0.132 e. The molecule has 0 spiro atoms. The average Bonchev–Trinajstić information content (AvgIpc) is 2.60. The summed E-state index contributed by atoms with van der Waals surface area (Å²) in [4.78, 5) is 2.67. The molecule has 1 rings (SSSR count). The summed E-state index contributed by atoms with van der Waals surface area (Å²) in [6.45, 7) is 13.8. The normalized spacial score (nSPS) is 11.3. The zero-order valence-corrected chi connectivity index (χ0v) is 16.3. The summed E-state index contributed by atoms with van der Waals surface area (Å²) in [5, 5.41) is 1.47. The van der Waals surface area contributed by atoms with Crippen LogP contribution in [0.4, 0.5) is 0 Å². The van der Waals surface area contributed by atoms with Crippen LogP contribution in [-0.2, 0) is 4.74 Å². The number of hydrogen-bond acceptors (Lipinski definition) is 2. The second-order valence-corrected chi connectivity index (χ2v) is 8.44. The van der Waals surface area contributed by atoms with Gasteiger partial charge in [0, 0.05) is 12.8 Å². The van der Waals surface area contributed by atoms with Gasteiger partial charge in [-0.1, -0.05) is 68.8 Å². The summed E-state index contributed by atoms with van der Waals surface area (Å²) in [5.74, 6) is 0. The van der Waals surface area contributed by atoms with Gasteiger partial charge in [0.1, 0.15) is 8.80 Å². The first kappa shape index (κ1) is 20.1. The molecule has 0 N–H and O–H groups in total. The molecule has 129 valence electrons. The van der Waals surface area contributed by atoms with E-state index < -0.39 is 8.80 Å². The second-order valence-electron chi connectivity index (χ2n) is 6.05. The molecule has 3 heteroatoms. The van der Waals surface area contributed by atoms with E-state index in [-0.39, 0.29) is 0 Å². The Bertz CT molecular complexity index is 427. The lowest BCUT2D eigenvalue weighted by Crippen LogP contribution is -2.47. The highest BCUT2D eigenvalue weighted by molar-refractivity contribution is 6.73. The lowest BCUT2D eigenvalue weighted by molar-refractivity contribution is 0.188. The number of unbranched alkanes of at least 4 members (excludes halogenated alkanes) is 2. The van der Waals surface area contributed by atoms with Crippen molar-refractivity contribution in [3.63, 3.8) is 0 Å². The van der Waals surface area contributed by atoms with E-state index in [1.165, 1.54) is 55.7 Å². The maximum Gasteiger partial charge on any atom is 0.132 e. The van der Waals surface area contributed by atoms with Crippen molar-refractivity contribution in [3.05, 3.63) is 36.4 Å². The number of rotatable bonds is 13. The minimum Gasteiger partial charge on any atom is -0.385 e. The van der Waals surface area contributed by atoms with E-state index in [0.29, 0.717) is 0 Å². The molecule has 0 aliphatic heterocycles. The molecule has 0 saturated heterocycles. The van der Waals surface area contributed by atoms with Gasteiger partial charge in [0.2, 0.25) is 0 Å². The first-order valence-corrected chi connectivity index (χ1v) is 11.0. The van der Waals surface area contributed by atoms with E-state index in [0.717, 1.165) is 12.8 Å². The van der Waals surface area contributed by atoms with E-state index in [1.54, 1.807) is 0 Å². The SMILES string of the molecule is C=Cc1cccc([Si](COCC)CN(CCCC)CCCC)c1. The molecule has 1 radical (unpaired) electrons. The summed E-state index contributed by atoms with van der Waals surface area (Å²) < 4.78 is 5.83. The van der Waals surface area contributed by atoms with E-state index in [2.05, 4.69) is 56.5 Å². The summed E-state index contributed by atoms with van der Waals surface area (Å²) >= 11 is 0. The van der Waals surface area contributed by atoms with Gasteiger partial charge in [0.25, 0.3) is 0 Å². The van der Waals surface area contributed by atoms with Crippen LogP contribution in [0.15, 0.2) is 30.8 Å². The molecule has 0 amide bonds. The number of ether oxygens (including phenoxy) is 1. The lowest BCUT2D eigenvalue weighted by atomic mass is 10.2. The summed E-state index contributed by atoms with van der Waals surface area (Å²) in [7, 11) is -0.720. The maximum absolute atomic E-state index is 5.83. The summed E-state index contributed by atoms with van der Waals surface area (Å²) in [6.07, 6.45) is 9.14. The van der Waals surface area contributed by atoms with Crippen LogP contribution in [-0.4, -0.2) is 45.8 Å². The van der Waals surface area contributed by atoms with Gasteiger partial charge in [-0.15, -0.1) is 0 Å². The third-order valence-electron chi connectivity index (χ3n) is 4.08. The second kappa shape index (κ2) is 12.5. The largest absolute Gasteiger partial charge is 0.385 e. The predicted octanol–water partition coefficient (Wildman–Crippen LogP) is 4.05. The van der Waals surface area contributed by atoms with Crippen LogP contribution in [0.2, 0.25) is 0 Å². The van der Waals surface area contributed by atoms with Crippen molar-refractivity contribution >= 4 is 20.1 Å². The van der Waals surface area contributed by atoms with Crippen molar-refractivity contribution in [3.8, 4) is 0 Å². The van der Waals surface area contributed by atoms with Gasteiger partial charge in [-0.05, 0) is 44.6 Å². The van der Waals surface area contributed by atoms with Crippen LogP contribution in [0.3, 0.4) is 0 Å². The third kappa shape index (κ3) is 7.96. The Morgan fingerprint density at radius 2 is 1.83 bits per heavy atom. The van der Waals surface area contributed by atoms with Gasteiger partial charge >= 0.3 is 0 Å². The van der Waals surface area contributed by atoms with Crippen molar-refractivity contribution < 1.29 is 4.74 Å². The van der Waals surface area contributed by atoms with Crippen LogP contribution in [0.5, 0.6) is 0 Å². The minimum atomic E-state index is -0.720. The highest BCUT2D eigenvalue weighted by atomic mass is 28.3. The average molecular weight is 333 g/mol. The van der Waals surface area contributed by atoms with Crippen LogP contribution in [0.25, 0.3) is 6.08 Å². The molecular formula is C20H34NOSi. The zero-order chi connectivity index (χ0) is 16.9. The first-order chi connectivity index (χ1) is 11.2. The fourth-order valence-electron chi connectivity index (χ4n) is 2.63. The minimum absolute atomic E-state index is 0.720. The molecule has 0 heterocycles. The molecule has 0 aliphatic carbocycles. The predicted molar refractivity (Wildman–Crippen MR) is 105 cm³/mol. The van der Waals surface area contributed by atoms with Gasteiger partial charge in [-0.3, -0.25) is 0 Å². The molecule has 0 bridgehead atoms. The van der Waals surface area contributed by atoms with E-state index in [4.69, 9.17) is 4.74 Å². The Kier molecular flexibility index (Phi) is 11.0. The highest BCUT2D eigenvalue weighted by Gasteiger charge is 2.19. The van der Waals surface area contributed by atoms with Crippen molar-refractivity contribution in [2.45, 2.75) is 46.5 Å². The number of nitrogens with zero attached hydrogens (tertiary/aromatic N) is 1. The Morgan fingerprint density at radius 3 is 2.39 bits per heavy atom. The molecule has 0 saturated carbocycles. The van der Waals surface area contributed by atoms with Crippen LogP contribution < -0.4 is 5.19 Å². The van der Waals surface area contributed by atoms with Crippen molar-refractivity contribution in [1.29, 1.82) is 0 Å². The topological polar surface area (TPSA) is 12.5 Å². The summed E-state index contributed by atoms with van der Waals surface area (Å²) in [5.41, 5.74) is 1.22. The van der Waals surface area contributed by atoms with Gasteiger partial charge in [0.05, 0.1) is 0 Å². The fraction of sp³-hybridized carbons (Fsp3) is 0.600. The van der Waals surface area contributed by atoms with Crippen LogP contribution in [0.1, 0.15) is 52.0 Å². The third-order valence-corrected chi connectivity index (χ3v) is 6.59. The van der Waals surface area contributed by atoms with E-state index in [1.807, 2.05) is 6.08 Å². The van der Waals surface area contributed by atoms with Crippen LogP contribution >= 0.6 is 0 Å². The van der Waals surface area contributed by atoms with Crippen molar-refractivity contribution in [2.24, 2.45) is 0 Å². The maximum atomic E-state index is 5.83. The number of hydrogen-bond donors (Lipinski definition) is 0. The molecule has 0 fully saturated rings. The molecule has 1 aromatic carbocycles. The standard InChI is InChI=1S/C20H34NOSi/c1-5-9-14-21(15-10-6-2)17-23(18-22-8-4)20-13-11-12-19(7-3)16-20/h7,11-13,16H,3,5-6,8-10,14-15,17-18H2,1-2,4H3. The Labute approximate surface area is 145 Å². The molecule has 0 aromatic heterocycles. The van der Waals surface area contributed by atoms with Gasteiger partial charge in [-0.2, -0.15) is 0 Å². The summed E-state index contributed by atoms with van der Waals surface area (Å²) in [6, 6.07) is 8.87. The monoisotopic (exact) mass is 332 g/mol. The fourth-order valence-corrected chi connectivity index (χ4v) is 5.08. The Hall–Kier alpha value is -0.903. The molecule has 1 aromatic rings. The Morgan fingerprint density at radius 1 is 1.13 bits per heavy atom. The molecular weight excluding hydrogens is 298 g/mol. The molecule has 0 aliphatic rings. The zero-order valence-electron chi connectivity index (χ0n) is 15.3. The molecule has 0 atom stereocenters. The van der Waals surface area contributed by atoms with Gasteiger partial charge in [-0.25, -0.2) is 0 Å². The van der Waals surface area contributed by atoms with Crippen molar-refractivity contribution in [1.82, 2.24) is 4.90 Å². The first-order valence-electron chi connectivity index (χ1n) is 9.12. The lowest BCUT2D eigenvalue weighted by Gasteiger charge is -2.27. The number of benzene rings is 1. The van der Waals surface area contributed by atoms with E-state index >= 15 is 0 Å². The molecule has 0 unspecified atom stereocenters. The Balaban J connectivity index is 2.82. The van der Waals surface area contributed by atoms with Crippen molar-refractivity contribution in [2.75, 3.05) is 32.1 Å². The van der Waals surface area contributed by atoms with Crippen LogP contribution in [0, 0.1) is 0 Å². The van der Waals surface area contributed by atoms with E-state index in [9.17, 15) is 0 Å². The van der Waals surface area contributed by atoms with Gasteiger partial charge < -0.3 is 9.64 Å².